The van der Waals surface area contributed by atoms with Gasteiger partial charge in [-0.3, -0.25) is 4.79 Å². The Morgan fingerprint density at radius 2 is 2.06 bits per heavy atom. The molecule has 6 nitrogen and oxygen atoms in total. The molecule has 94 valence electrons. The number of carbonyl (C=O) groups excluding carboxylic acids is 1. The minimum absolute atomic E-state index is 0.0721. The Balaban J connectivity index is 2.91. The van der Waals surface area contributed by atoms with Crippen molar-refractivity contribution in [2.75, 3.05) is 0 Å². The summed E-state index contributed by atoms with van der Waals surface area (Å²) in [5.74, 6) is -1.83. The number of aryl methyl sites for hydroxylation is 1. The van der Waals surface area contributed by atoms with Crippen LogP contribution in [0.25, 0.3) is 0 Å². The molecule has 1 amide bonds. The Bertz CT molecular complexity index is 442. The minimum atomic E-state index is -1.33. The number of carboxylic acids is 1. The number of rotatable bonds is 5. The summed E-state index contributed by atoms with van der Waals surface area (Å²) in [5, 5.41) is 28.1. The lowest BCUT2D eigenvalue weighted by Crippen LogP contribution is -2.25. The number of hydrogen-bond donors (Lipinski definition) is 4. The Labute approximate surface area is 101 Å². The Kier molecular flexibility index (Phi) is 4.22. The number of hydrogen-bond acceptors (Lipinski definition) is 5. The summed E-state index contributed by atoms with van der Waals surface area (Å²) < 4.78 is 0. The summed E-state index contributed by atoms with van der Waals surface area (Å²) in [6.07, 6.45) is -3.01. The van der Waals surface area contributed by atoms with Gasteiger partial charge in [-0.05, 0) is 18.6 Å². The average Bonchev–Trinajstić information content (AvgIpc) is 2.58. The lowest BCUT2D eigenvalue weighted by Gasteiger charge is -2.15. The molecule has 0 spiro atoms. The topological polar surface area (TPSA) is 121 Å². The minimum Gasteiger partial charge on any atom is -0.477 e. The molecular weight excluding hydrogens is 246 g/mol. The molecule has 0 radical (unpaired) electrons. The Morgan fingerprint density at radius 3 is 2.47 bits per heavy atom. The van der Waals surface area contributed by atoms with Crippen molar-refractivity contribution in [1.29, 1.82) is 0 Å². The second kappa shape index (κ2) is 5.26. The largest absolute Gasteiger partial charge is 0.477 e. The van der Waals surface area contributed by atoms with Gasteiger partial charge in [-0.15, -0.1) is 11.3 Å². The number of carboxylic acid groups (broad SMARTS) is 1. The van der Waals surface area contributed by atoms with Crippen molar-refractivity contribution in [2.45, 2.75) is 25.6 Å². The molecule has 2 unspecified atom stereocenters. The van der Waals surface area contributed by atoms with Crippen LogP contribution in [0.2, 0.25) is 0 Å². The summed E-state index contributed by atoms with van der Waals surface area (Å²) in [6, 6.07) is 1.41. The maximum Gasteiger partial charge on any atom is 0.345 e. The summed E-state index contributed by atoms with van der Waals surface area (Å²) in [6.45, 7) is 1.62. The van der Waals surface area contributed by atoms with Crippen LogP contribution in [0, 0.1) is 6.92 Å². The molecule has 0 aromatic carbocycles. The summed E-state index contributed by atoms with van der Waals surface area (Å²) >= 11 is 0.869. The van der Waals surface area contributed by atoms with Gasteiger partial charge in [-0.25, -0.2) is 4.79 Å². The second-order valence-electron chi connectivity index (χ2n) is 3.65. The zero-order chi connectivity index (χ0) is 13.2. The van der Waals surface area contributed by atoms with E-state index in [-0.39, 0.29) is 11.3 Å². The summed E-state index contributed by atoms with van der Waals surface area (Å²) in [7, 11) is 0. The van der Waals surface area contributed by atoms with Gasteiger partial charge in [0.05, 0.1) is 12.5 Å². The first-order valence-electron chi connectivity index (χ1n) is 4.81. The molecule has 7 heteroatoms. The molecule has 1 heterocycles. The first-order chi connectivity index (χ1) is 7.82. The predicted octanol–water partition coefficient (Wildman–Crippen LogP) is 0.0244. The fourth-order valence-corrected chi connectivity index (χ4v) is 2.45. The molecule has 5 N–H and O–H groups in total. The van der Waals surface area contributed by atoms with Crippen molar-refractivity contribution in [2.24, 2.45) is 5.73 Å². The van der Waals surface area contributed by atoms with Crippen molar-refractivity contribution >= 4 is 23.2 Å². The van der Waals surface area contributed by atoms with E-state index in [1.807, 2.05) is 0 Å². The molecule has 0 saturated heterocycles. The highest BCUT2D eigenvalue weighted by Gasteiger charge is 2.25. The van der Waals surface area contributed by atoms with Crippen LogP contribution >= 0.6 is 11.3 Å². The first-order valence-corrected chi connectivity index (χ1v) is 5.62. The van der Waals surface area contributed by atoms with Gasteiger partial charge in [0.1, 0.15) is 11.0 Å². The third-order valence-electron chi connectivity index (χ3n) is 2.21. The fraction of sp³-hybridized carbons (Fsp3) is 0.400. The molecule has 0 fully saturated rings. The van der Waals surface area contributed by atoms with Crippen molar-refractivity contribution in [3.05, 3.63) is 21.4 Å². The van der Waals surface area contributed by atoms with Gasteiger partial charge in [0.25, 0.3) is 0 Å². The highest BCUT2D eigenvalue weighted by Crippen LogP contribution is 2.30. The standard InChI is InChI=1S/C10H13NO5S/c1-4-2-6(10(15)16)17-9(4)8(14)5(12)3-7(11)13/h2,5,8,12,14H,3H2,1H3,(H2,11,13)(H,15,16). The third-order valence-corrected chi connectivity index (χ3v) is 3.51. The second-order valence-corrected chi connectivity index (χ2v) is 4.73. The van der Waals surface area contributed by atoms with Gasteiger partial charge >= 0.3 is 5.97 Å². The molecule has 0 bridgehead atoms. The Morgan fingerprint density at radius 1 is 1.47 bits per heavy atom. The van der Waals surface area contributed by atoms with E-state index in [0.717, 1.165) is 11.3 Å². The van der Waals surface area contributed by atoms with Crippen LogP contribution in [0.5, 0.6) is 0 Å². The molecule has 1 aromatic heterocycles. The van der Waals surface area contributed by atoms with Gasteiger partial charge in [-0.1, -0.05) is 0 Å². The smallest absolute Gasteiger partial charge is 0.345 e. The van der Waals surface area contributed by atoms with E-state index in [9.17, 15) is 19.8 Å². The number of aliphatic hydroxyl groups is 2. The normalized spacial score (nSPS) is 14.3. The molecule has 1 aromatic rings. The summed E-state index contributed by atoms with van der Waals surface area (Å²) in [4.78, 5) is 21.7. The van der Waals surface area contributed by atoms with Crippen molar-refractivity contribution in [3.63, 3.8) is 0 Å². The molecular formula is C10H13NO5S. The van der Waals surface area contributed by atoms with E-state index >= 15 is 0 Å². The van der Waals surface area contributed by atoms with E-state index in [1.54, 1.807) is 6.92 Å². The lowest BCUT2D eigenvalue weighted by atomic mass is 10.1. The van der Waals surface area contributed by atoms with Crippen molar-refractivity contribution < 1.29 is 24.9 Å². The third kappa shape index (κ3) is 3.26. The molecule has 0 aliphatic carbocycles. The van der Waals surface area contributed by atoms with Crippen LogP contribution < -0.4 is 5.73 Å². The van der Waals surface area contributed by atoms with Crippen LogP contribution in [0.15, 0.2) is 6.07 Å². The van der Waals surface area contributed by atoms with Crippen LogP contribution in [-0.4, -0.2) is 33.3 Å². The molecule has 17 heavy (non-hydrogen) atoms. The number of thiophene rings is 1. The zero-order valence-electron chi connectivity index (χ0n) is 9.08. The van der Waals surface area contributed by atoms with E-state index in [0.29, 0.717) is 10.4 Å². The fourth-order valence-electron chi connectivity index (χ4n) is 1.39. The molecule has 0 saturated carbocycles. The molecule has 1 rings (SSSR count). The summed E-state index contributed by atoms with van der Waals surface area (Å²) in [5.41, 5.74) is 5.46. The van der Waals surface area contributed by atoms with E-state index in [1.165, 1.54) is 6.07 Å². The van der Waals surface area contributed by atoms with E-state index < -0.39 is 24.1 Å². The Hall–Kier alpha value is -1.44. The van der Waals surface area contributed by atoms with Crippen LogP contribution in [0.4, 0.5) is 0 Å². The molecule has 0 aliphatic heterocycles. The monoisotopic (exact) mass is 259 g/mol. The quantitative estimate of drug-likeness (QED) is 0.594. The number of carbonyl (C=O) groups is 2. The van der Waals surface area contributed by atoms with Gasteiger partial charge in [0.2, 0.25) is 5.91 Å². The number of amides is 1. The maximum atomic E-state index is 10.7. The van der Waals surface area contributed by atoms with Crippen LogP contribution in [-0.2, 0) is 4.79 Å². The number of nitrogens with two attached hydrogens (primary N) is 1. The zero-order valence-corrected chi connectivity index (χ0v) is 9.90. The van der Waals surface area contributed by atoms with Crippen molar-refractivity contribution in [3.8, 4) is 0 Å². The van der Waals surface area contributed by atoms with Crippen LogP contribution in [0.3, 0.4) is 0 Å². The molecule has 2 atom stereocenters. The number of aromatic carboxylic acids is 1. The van der Waals surface area contributed by atoms with E-state index in [2.05, 4.69) is 0 Å². The number of primary amides is 1. The van der Waals surface area contributed by atoms with Gasteiger partial charge in [0, 0.05) is 4.88 Å². The van der Waals surface area contributed by atoms with Gasteiger partial charge in [0.15, 0.2) is 0 Å². The maximum absolute atomic E-state index is 10.7. The van der Waals surface area contributed by atoms with E-state index in [4.69, 9.17) is 10.8 Å². The number of aliphatic hydroxyl groups excluding tert-OH is 2. The lowest BCUT2D eigenvalue weighted by molar-refractivity contribution is -0.121. The predicted molar refractivity (Wildman–Crippen MR) is 60.8 cm³/mol. The molecule has 0 aliphatic rings. The van der Waals surface area contributed by atoms with Crippen molar-refractivity contribution in [1.82, 2.24) is 0 Å². The highest BCUT2D eigenvalue weighted by atomic mass is 32.1. The average molecular weight is 259 g/mol. The van der Waals surface area contributed by atoms with Crippen LogP contribution in [0.1, 0.15) is 32.6 Å². The first kappa shape index (κ1) is 13.6. The SMILES string of the molecule is Cc1cc(C(=O)O)sc1C(O)C(O)CC(N)=O. The highest BCUT2D eigenvalue weighted by molar-refractivity contribution is 7.14. The van der Waals surface area contributed by atoms with Gasteiger partial charge in [-0.2, -0.15) is 0 Å². The van der Waals surface area contributed by atoms with Gasteiger partial charge < -0.3 is 21.1 Å².